The lowest BCUT2D eigenvalue weighted by Crippen LogP contribution is -2.17. The van der Waals surface area contributed by atoms with E-state index in [-0.39, 0.29) is 5.13 Å². The largest absolute Gasteiger partial charge is 0.469 e. The Morgan fingerprint density at radius 1 is 1.44 bits per heavy atom. The number of halogens is 2. The van der Waals surface area contributed by atoms with Crippen LogP contribution in [0.2, 0.25) is 0 Å². The molecule has 1 aromatic rings. The van der Waals surface area contributed by atoms with Crippen molar-refractivity contribution in [2.24, 2.45) is 11.8 Å². The first-order valence-electron chi connectivity index (χ1n) is 5.03. The molecule has 0 saturated heterocycles. The average molecular weight is 277 g/mol. The summed E-state index contributed by atoms with van der Waals surface area (Å²) in [5.74, 6) is -1.79. The second-order valence-electron chi connectivity index (χ2n) is 3.71. The van der Waals surface area contributed by atoms with Crippen molar-refractivity contribution < 1.29 is 23.1 Å². The van der Waals surface area contributed by atoms with Gasteiger partial charge in [-0.1, -0.05) is 11.3 Å². The summed E-state index contributed by atoms with van der Waals surface area (Å²) in [6.45, 7) is 0. The number of alkyl halides is 2. The van der Waals surface area contributed by atoms with Gasteiger partial charge in [-0.2, -0.15) is 0 Å². The molecule has 9 heteroatoms. The molecule has 1 aliphatic rings. The van der Waals surface area contributed by atoms with Crippen LogP contribution in [0.5, 0.6) is 0 Å². The van der Waals surface area contributed by atoms with Gasteiger partial charge in [0.15, 0.2) is 5.01 Å². The molecule has 1 aliphatic carbocycles. The summed E-state index contributed by atoms with van der Waals surface area (Å²) < 4.78 is 29.0. The molecule has 0 aromatic carbocycles. The molecule has 98 valence electrons. The monoisotopic (exact) mass is 277 g/mol. The number of nitrogens with zero attached hydrogens (tertiary/aromatic N) is 2. The van der Waals surface area contributed by atoms with Gasteiger partial charge in [0, 0.05) is 0 Å². The number of amides is 1. The van der Waals surface area contributed by atoms with E-state index < -0.39 is 35.1 Å². The molecule has 2 atom stereocenters. The number of hydrogen-bond acceptors (Lipinski definition) is 6. The van der Waals surface area contributed by atoms with Crippen molar-refractivity contribution in [3.05, 3.63) is 5.01 Å². The Morgan fingerprint density at radius 2 is 2.17 bits per heavy atom. The molecule has 1 fully saturated rings. The average Bonchev–Trinajstić information content (AvgIpc) is 3.01. The Balaban J connectivity index is 1.90. The number of carbonyl (C=O) groups excluding carboxylic acids is 2. The number of carbonyl (C=O) groups is 2. The zero-order chi connectivity index (χ0) is 13.3. The lowest BCUT2D eigenvalue weighted by atomic mass is 10.3. The maximum Gasteiger partial charge on any atom is 0.309 e. The predicted octanol–water partition coefficient (Wildman–Crippen LogP) is 1.22. The molecule has 0 unspecified atom stereocenters. The standard InChI is InChI=1S/C9H9F2N3O3S/c1-17-8(16)4-2-3(4)6(15)12-9-14-13-7(18-9)5(10)11/h3-5H,2H2,1H3,(H,12,14,15)/t3-,4+/m1/s1. The Hall–Kier alpha value is -1.64. The summed E-state index contributed by atoms with van der Waals surface area (Å²) in [7, 11) is 1.25. The van der Waals surface area contributed by atoms with Gasteiger partial charge < -0.3 is 10.1 Å². The van der Waals surface area contributed by atoms with Crippen LogP contribution in [-0.4, -0.2) is 29.2 Å². The summed E-state index contributed by atoms with van der Waals surface area (Å²) in [4.78, 5) is 22.7. The SMILES string of the molecule is COC(=O)[C@H]1C[C@H]1C(=O)Nc1nnc(C(F)F)s1. The molecule has 0 spiro atoms. The van der Waals surface area contributed by atoms with Gasteiger partial charge in [-0.15, -0.1) is 10.2 Å². The maximum atomic E-state index is 12.2. The fourth-order valence-electron chi connectivity index (χ4n) is 1.47. The van der Waals surface area contributed by atoms with Crippen LogP contribution in [0.4, 0.5) is 13.9 Å². The zero-order valence-electron chi connectivity index (χ0n) is 9.22. The van der Waals surface area contributed by atoms with E-state index >= 15 is 0 Å². The molecule has 1 N–H and O–H groups in total. The van der Waals surface area contributed by atoms with Gasteiger partial charge >= 0.3 is 5.97 Å². The summed E-state index contributed by atoms with van der Waals surface area (Å²) in [6, 6.07) is 0. The van der Waals surface area contributed by atoms with Crippen LogP contribution in [-0.2, 0) is 14.3 Å². The molecule has 2 rings (SSSR count). The maximum absolute atomic E-state index is 12.2. The van der Waals surface area contributed by atoms with Gasteiger partial charge in [-0.05, 0) is 6.42 Å². The number of anilines is 1. The van der Waals surface area contributed by atoms with E-state index in [1.807, 2.05) is 0 Å². The third kappa shape index (κ3) is 2.61. The number of ether oxygens (including phenoxy) is 1. The Bertz CT molecular complexity index is 479. The minimum atomic E-state index is -2.71. The highest BCUT2D eigenvalue weighted by Gasteiger charge is 2.49. The zero-order valence-corrected chi connectivity index (χ0v) is 10.0. The molecule has 1 heterocycles. The van der Waals surface area contributed by atoms with Gasteiger partial charge in [0.1, 0.15) is 0 Å². The van der Waals surface area contributed by atoms with E-state index in [4.69, 9.17) is 0 Å². The van der Waals surface area contributed by atoms with Crippen LogP contribution in [0, 0.1) is 11.8 Å². The topological polar surface area (TPSA) is 81.2 Å². The van der Waals surface area contributed by atoms with Gasteiger partial charge in [0.2, 0.25) is 11.0 Å². The van der Waals surface area contributed by atoms with Crippen molar-refractivity contribution in [2.45, 2.75) is 12.8 Å². The van der Waals surface area contributed by atoms with E-state index in [0.717, 1.165) is 0 Å². The molecule has 18 heavy (non-hydrogen) atoms. The third-order valence-corrected chi connectivity index (χ3v) is 3.33. The normalized spacial score (nSPS) is 21.8. The molecule has 1 aromatic heterocycles. The molecular formula is C9H9F2N3O3S. The van der Waals surface area contributed by atoms with Crippen molar-refractivity contribution in [2.75, 3.05) is 12.4 Å². The van der Waals surface area contributed by atoms with Crippen molar-refractivity contribution in [1.82, 2.24) is 10.2 Å². The van der Waals surface area contributed by atoms with Crippen LogP contribution >= 0.6 is 11.3 Å². The van der Waals surface area contributed by atoms with Crippen molar-refractivity contribution in [3.63, 3.8) is 0 Å². The molecule has 1 saturated carbocycles. The fraction of sp³-hybridized carbons (Fsp3) is 0.556. The summed E-state index contributed by atoms with van der Waals surface area (Å²) in [6.07, 6.45) is -2.31. The first-order valence-corrected chi connectivity index (χ1v) is 5.84. The van der Waals surface area contributed by atoms with E-state index in [1.165, 1.54) is 7.11 Å². The molecule has 6 nitrogen and oxygen atoms in total. The summed E-state index contributed by atoms with van der Waals surface area (Å²) >= 11 is 0.610. The molecule has 0 radical (unpaired) electrons. The number of esters is 1. The van der Waals surface area contributed by atoms with Gasteiger partial charge in [0.05, 0.1) is 18.9 Å². The van der Waals surface area contributed by atoms with E-state index in [1.54, 1.807) is 0 Å². The molecule has 1 amide bonds. The first kappa shape index (κ1) is 12.8. The second kappa shape index (κ2) is 4.92. The smallest absolute Gasteiger partial charge is 0.309 e. The fourth-order valence-corrected chi connectivity index (χ4v) is 2.07. The first-order chi connectivity index (χ1) is 8.52. The van der Waals surface area contributed by atoms with E-state index in [2.05, 4.69) is 20.3 Å². The molecule has 0 bridgehead atoms. The van der Waals surface area contributed by atoms with Gasteiger partial charge in [0.25, 0.3) is 6.43 Å². The third-order valence-electron chi connectivity index (χ3n) is 2.49. The van der Waals surface area contributed by atoms with Crippen molar-refractivity contribution >= 4 is 28.3 Å². The Morgan fingerprint density at radius 3 is 2.72 bits per heavy atom. The van der Waals surface area contributed by atoms with Gasteiger partial charge in [-0.3, -0.25) is 9.59 Å². The van der Waals surface area contributed by atoms with Crippen LogP contribution in [0.25, 0.3) is 0 Å². The van der Waals surface area contributed by atoms with Crippen LogP contribution in [0.1, 0.15) is 17.9 Å². The summed E-state index contributed by atoms with van der Waals surface area (Å²) in [5, 5.41) is 8.55. The minimum absolute atomic E-state index is 0.00539. The number of aromatic nitrogens is 2. The number of nitrogens with one attached hydrogen (secondary N) is 1. The number of hydrogen-bond donors (Lipinski definition) is 1. The highest BCUT2D eigenvalue weighted by atomic mass is 32.1. The quantitative estimate of drug-likeness (QED) is 0.837. The lowest BCUT2D eigenvalue weighted by Gasteiger charge is -1.99. The Kier molecular flexibility index (Phi) is 3.50. The van der Waals surface area contributed by atoms with E-state index in [9.17, 15) is 18.4 Å². The number of rotatable bonds is 4. The van der Waals surface area contributed by atoms with Gasteiger partial charge in [-0.25, -0.2) is 8.78 Å². The van der Waals surface area contributed by atoms with Crippen LogP contribution < -0.4 is 5.32 Å². The number of methoxy groups -OCH3 is 1. The van der Waals surface area contributed by atoms with E-state index in [0.29, 0.717) is 17.8 Å². The van der Waals surface area contributed by atoms with Crippen molar-refractivity contribution in [1.29, 1.82) is 0 Å². The highest BCUT2D eigenvalue weighted by molar-refractivity contribution is 7.15. The lowest BCUT2D eigenvalue weighted by molar-refractivity contribution is -0.143. The second-order valence-corrected chi connectivity index (χ2v) is 4.72. The Labute approximate surface area is 104 Å². The predicted molar refractivity (Wildman–Crippen MR) is 57.1 cm³/mol. The minimum Gasteiger partial charge on any atom is -0.469 e. The van der Waals surface area contributed by atoms with Crippen LogP contribution in [0.15, 0.2) is 0 Å². The van der Waals surface area contributed by atoms with Crippen LogP contribution in [0.3, 0.4) is 0 Å². The molecule has 0 aliphatic heterocycles. The van der Waals surface area contributed by atoms with Crippen molar-refractivity contribution in [3.8, 4) is 0 Å². The highest BCUT2D eigenvalue weighted by Crippen LogP contribution is 2.40. The summed E-state index contributed by atoms with van der Waals surface area (Å²) in [5.41, 5.74) is 0. The molecular weight excluding hydrogens is 268 g/mol.